The Morgan fingerprint density at radius 2 is 1.82 bits per heavy atom. The number of piperidine rings is 1. The summed E-state index contributed by atoms with van der Waals surface area (Å²) in [6.07, 6.45) is 6.36. The first-order chi connectivity index (χ1) is 21.0. The number of carbonyl (C=O) groups is 1. The first kappa shape index (κ1) is 30.8. The van der Waals surface area contributed by atoms with Crippen LogP contribution in [0.25, 0.3) is 0 Å². The summed E-state index contributed by atoms with van der Waals surface area (Å²) < 4.78 is 3.05. The van der Waals surface area contributed by atoms with Crippen LogP contribution >= 0.6 is 11.9 Å². The van der Waals surface area contributed by atoms with E-state index in [-0.39, 0.29) is 22.9 Å². The average Bonchev–Trinajstić information content (AvgIpc) is 3.34. The number of hydrogen-bond acceptors (Lipinski definition) is 8. The maximum atomic E-state index is 13.7. The van der Waals surface area contributed by atoms with E-state index in [0.717, 1.165) is 73.4 Å². The smallest absolute Gasteiger partial charge is 0.265 e. The highest BCUT2D eigenvalue weighted by Crippen LogP contribution is 2.43. The molecule has 3 aromatic rings. The zero-order valence-electron chi connectivity index (χ0n) is 27.0. The van der Waals surface area contributed by atoms with Gasteiger partial charge in [-0.3, -0.25) is 14.5 Å². The van der Waals surface area contributed by atoms with Crippen LogP contribution < -0.4 is 20.3 Å². The molecule has 0 aromatic carbocycles. The summed E-state index contributed by atoms with van der Waals surface area (Å²) in [6, 6.07) is 14.4. The number of pyridine rings is 3. The summed E-state index contributed by atoms with van der Waals surface area (Å²) in [5, 5.41) is 7.92. The van der Waals surface area contributed by atoms with E-state index in [9.17, 15) is 4.79 Å². The van der Waals surface area contributed by atoms with Crippen molar-refractivity contribution in [3.8, 4) is 0 Å². The number of amides is 1. The molecule has 6 rings (SSSR count). The predicted molar refractivity (Wildman–Crippen MR) is 179 cm³/mol. The number of fused-ring (bicyclic) bond motifs is 6. The highest BCUT2D eigenvalue weighted by atomic mass is 32.2. The molecule has 1 unspecified atom stereocenters. The summed E-state index contributed by atoms with van der Waals surface area (Å²) >= 11 is 1.24. The second kappa shape index (κ2) is 12.3. The van der Waals surface area contributed by atoms with E-state index >= 15 is 0 Å². The lowest BCUT2D eigenvalue weighted by atomic mass is 9.83. The summed E-state index contributed by atoms with van der Waals surface area (Å²) in [5.74, 6) is 2.80. The molecule has 2 fully saturated rings. The van der Waals surface area contributed by atoms with Crippen LogP contribution in [0.2, 0.25) is 0 Å². The van der Waals surface area contributed by atoms with Crippen LogP contribution in [0.1, 0.15) is 106 Å². The van der Waals surface area contributed by atoms with Crippen LogP contribution in [0.15, 0.2) is 53.7 Å². The van der Waals surface area contributed by atoms with Gasteiger partial charge in [0.1, 0.15) is 16.7 Å². The molecular formula is C35H47N7OS. The molecule has 0 spiro atoms. The van der Waals surface area contributed by atoms with Gasteiger partial charge < -0.3 is 15.5 Å². The minimum absolute atomic E-state index is 0.00890. The van der Waals surface area contributed by atoms with Crippen molar-refractivity contribution < 1.29 is 4.79 Å². The predicted octanol–water partition coefficient (Wildman–Crippen LogP) is 6.87. The van der Waals surface area contributed by atoms with Gasteiger partial charge in [0.15, 0.2) is 0 Å². The lowest BCUT2D eigenvalue weighted by Crippen LogP contribution is -2.40. The van der Waals surface area contributed by atoms with E-state index in [0.29, 0.717) is 23.3 Å². The monoisotopic (exact) mass is 613 g/mol. The molecule has 3 aliphatic heterocycles. The summed E-state index contributed by atoms with van der Waals surface area (Å²) in [4.78, 5) is 31.1. The summed E-state index contributed by atoms with van der Waals surface area (Å²) in [6.45, 7) is 16.4. The normalized spacial score (nSPS) is 24.5. The van der Waals surface area contributed by atoms with Gasteiger partial charge in [-0.25, -0.2) is 9.97 Å². The fourth-order valence-electron chi connectivity index (χ4n) is 7.02. The average molecular weight is 614 g/mol. The highest BCUT2D eigenvalue weighted by Gasteiger charge is 2.43. The maximum Gasteiger partial charge on any atom is 0.265 e. The minimum atomic E-state index is -0.156. The van der Waals surface area contributed by atoms with E-state index in [2.05, 4.69) is 80.1 Å². The standard InChI is InChI=1S/C35H47N7OS/c1-22-18-28(27-12-10-24(20-37-27)23-14-16-36-17-15-23)38-30-8-7-9-31(40-30)44-41-33(43)26-11-13-29(34(2,3)4)39-32(26)42-21-25(22)19-35(42,5)6/h7-13,20,22-23,25,28,36H,14-19,21H2,1-6H3,(H,38,40)(H,41,43)/t22-,25-,28?/m0/s1. The Kier molecular flexibility index (Phi) is 8.63. The van der Waals surface area contributed by atoms with E-state index in [4.69, 9.17) is 15.0 Å². The Hall–Kier alpha value is -3.17. The molecule has 4 bridgehead atoms. The lowest BCUT2D eigenvalue weighted by Gasteiger charge is -2.34. The molecule has 0 aliphatic carbocycles. The van der Waals surface area contributed by atoms with Crippen molar-refractivity contribution in [2.24, 2.45) is 11.8 Å². The largest absolute Gasteiger partial charge is 0.362 e. The van der Waals surface area contributed by atoms with Gasteiger partial charge >= 0.3 is 0 Å². The van der Waals surface area contributed by atoms with Crippen molar-refractivity contribution in [1.82, 2.24) is 25.0 Å². The van der Waals surface area contributed by atoms with Crippen LogP contribution in [-0.2, 0) is 5.41 Å². The molecule has 0 radical (unpaired) electrons. The molecular weight excluding hydrogens is 567 g/mol. The maximum absolute atomic E-state index is 13.7. The Morgan fingerprint density at radius 1 is 1.02 bits per heavy atom. The molecule has 6 heterocycles. The molecule has 2 saturated heterocycles. The van der Waals surface area contributed by atoms with Crippen LogP contribution in [-0.4, -0.2) is 46.0 Å². The van der Waals surface area contributed by atoms with Gasteiger partial charge in [-0.05, 0) is 106 Å². The van der Waals surface area contributed by atoms with Crippen molar-refractivity contribution in [3.05, 3.63) is 71.2 Å². The number of hydrogen-bond donors (Lipinski definition) is 3. The van der Waals surface area contributed by atoms with Gasteiger partial charge in [-0.1, -0.05) is 39.8 Å². The van der Waals surface area contributed by atoms with Gasteiger partial charge in [0.05, 0.1) is 17.3 Å². The second-order valence-corrected chi connectivity index (χ2v) is 15.4. The van der Waals surface area contributed by atoms with Crippen molar-refractivity contribution >= 4 is 29.5 Å². The van der Waals surface area contributed by atoms with Gasteiger partial charge in [0.25, 0.3) is 5.91 Å². The number of nitrogens with zero attached hydrogens (tertiary/aromatic N) is 4. The van der Waals surface area contributed by atoms with Crippen molar-refractivity contribution in [2.45, 2.75) is 95.2 Å². The van der Waals surface area contributed by atoms with E-state index in [1.54, 1.807) is 0 Å². The molecule has 0 saturated carbocycles. The van der Waals surface area contributed by atoms with Crippen LogP contribution in [0.3, 0.4) is 0 Å². The SMILES string of the molecule is C[C@H]1CC(c2ccc(C3CCNCC3)cn2)Nc2cccc(n2)SNC(=O)c2ccc(C(C)(C)C)nc2N2C[C@@H]1CC2(C)C. The number of nitrogens with one attached hydrogen (secondary N) is 3. The Balaban J connectivity index is 1.36. The van der Waals surface area contributed by atoms with Crippen LogP contribution in [0.5, 0.6) is 0 Å². The molecule has 8 nitrogen and oxygen atoms in total. The summed E-state index contributed by atoms with van der Waals surface area (Å²) in [5.41, 5.74) is 3.69. The number of rotatable bonds is 2. The highest BCUT2D eigenvalue weighted by molar-refractivity contribution is 7.97. The molecule has 3 atom stereocenters. The third kappa shape index (κ3) is 6.59. The molecule has 44 heavy (non-hydrogen) atoms. The van der Waals surface area contributed by atoms with Crippen LogP contribution in [0.4, 0.5) is 11.6 Å². The first-order valence-corrected chi connectivity index (χ1v) is 17.0. The number of aromatic nitrogens is 3. The topological polar surface area (TPSA) is 95.1 Å². The molecule has 1 amide bonds. The van der Waals surface area contributed by atoms with Gasteiger partial charge in [0, 0.05) is 41.3 Å². The number of carbonyl (C=O) groups excluding carboxylic acids is 1. The zero-order chi connectivity index (χ0) is 31.1. The Morgan fingerprint density at radius 3 is 2.55 bits per heavy atom. The molecule has 3 aromatic heterocycles. The third-order valence-electron chi connectivity index (χ3n) is 9.74. The van der Waals surface area contributed by atoms with E-state index < -0.39 is 0 Å². The van der Waals surface area contributed by atoms with E-state index in [1.807, 2.05) is 30.3 Å². The summed E-state index contributed by atoms with van der Waals surface area (Å²) in [7, 11) is 0. The van der Waals surface area contributed by atoms with Crippen molar-refractivity contribution in [1.29, 1.82) is 0 Å². The quantitative estimate of drug-likeness (QED) is 0.270. The van der Waals surface area contributed by atoms with Gasteiger partial charge in [-0.2, -0.15) is 0 Å². The molecule has 3 aliphatic rings. The molecule has 9 heteroatoms. The zero-order valence-corrected chi connectivity index (χ0v) is 27.8. The Labute approximate surface area is 266 Å². The molecule has 3 N–H and O–H groups in total. The van der Waals surface area contributed by atoms with E-state index in [1.165, 1.54) is 17.5 Å². The third-order valence-corrected chi connectivity index (χ3v) is 10.5. The second-order valence-electron chi connectivity index (χ2n) is 14.5. The minimum Gasteiger partial charge on any atom is -0.362 e. The first-order valence-electron chi connectivity index (χ1n) is 16.1. The molecule has 234 valence electrons. The van der Waals surface area contributed by atoms with Gasteiger partial charge in [-0.15, -0.1) is 0 Å². The lowest BCUT2D eigenvalue weighted by molar-refractivity contribution is 0.0984. The Bertz CT molecular complexity index is 1480. The van der Waals surface area contributed by atoms with Crippen molar-refractivity contribution in [3.63, 3.8) is 0 Å². The van der Waals surface area contributed by atoms with Gasteiger partial charge in [0.2, 0.25) is 0 Å². The van der Waals surface area contributed by atoms with Crippen molar-refractivity contribution in [2.75, 3.05) is 29.9 Å². The fraction of sp³-hybridized carbons (Fsp3) is 0.543. The number of anilines is 2. The van der Waals surface area contributed by atoms with Crippen LogP contribution in [0, 0.1) is 11.8 Å². The fourth-order valence-corrected chi connectivity index (χ4v) is 7.62.